The molecule has 0 aromatic heterocycles. The predicted molar refractivity (Wildman–Crippen MR) is 95.0 cm³/mol. The number of aliphatic hydroxyl groups excluding tert-OH is 1. The van der Waals surface area contributed by atoms with Gasteiger partial charge < -0.3 is 9.84 Å². The molecule has 0 aromatic rings. The first-order valence-corrected chi connectivity index (χ1v) is 10.2. The minimum Gasteiger partial charge on any atom is -0.366 e. The monoisotopic (exact) mass is 312 g/mol. The van der Waals surface area contributed by atoms with Crippen LogP contribution in [-0.4, -0.2) is 17.5 Å². The van der Waals surface area contributed by atoms with Crippen molar-refractivity contribution in [2.24, 2.45) is 0 Å². The summed E-state index contributed by atoms with van der Waals surface area (Å²) in [4.78, 5) is 0. The van der Waals surface area contributed by atoms with Crippen molar-refractivity contribution in [2.75, 3.05) is 0 Å². The molecular weight excluding hydrogens is 272 g/mol. The van der Waals surface area contributed by atoms with E-state index in [1.165, 1.54) is 103 Å². The van der Waals surface area contributed by atoms with E-state index in [9.17, 15) is 0 Å². The highest BCUT2D eigenvalue weighted by molar-refractivity contribution is 4.74. The molecule has 0 radical (unpaired) electrons. The minimum absolute atomic E-state index is 0.173. The van der Waals surface area contributed by atoms with Crippen molar-refractivity contribution in [3.63, 3.8) is 0 Å². The van der Waals surface area contributed by atoms with E-state index < -0.39 is 6.29 Å². The van der Waals surface area contributed by atoms with Crippen molar-refractivity contribution in [2.45, 2.75) is 128 Å². The van der Waals surface area contributed by atoms with Crippen molar-refractivity contribution in [1.29, 1.82) is 0 Å². The van der Waals surface area contributed by atoms with Gasteiger partial charge in [-0.3, -0.25) is 0 Å². The Balaban J connectivity index is 1.61. The first-order valence-electron chi connectivity index (χ1n) is 10.2. The van der Waals surface area contributed by atoms with Crippen molar-refractivity contribution in [3.05, 3.63) is 0 Å². The number of hydrogen-bond acceptors (Lipinski definition) is 2. The van der Waals surface area contributed by atoms with Gasteiger partial charge in [0.15, 0.2) is 6.29 Å². The molecule has 2 unspecified atom stereocenters. The molecule has 1 saturated heterocycles. The highest BCUT2D eigenvalue weighted by Crippen LogP contribution is 2.24. The van der Waals surface area contributed by atoms with E-state index in [1.807, 2.05) is 0 Å². The molecule has 22 heavy (non-hydrogen) atoms. The molecule has 1 heterocycles. The zero-order valence-corrected chi connectivity index (χ0v) is 15.0. The van der Waals surface area contributed by atoms with Gasteiger partial charge in [0.05, 0.1) is 0 Å². The van der Waals surface area contributed by atoms with E-state index in [4.69, 9.17) is 9.84 Å². The van der Waals surface area contributed by atoms with Gasteiger partial charge in [0.25, 0.3) is 0 Å². The Kier molecular flexibility index (Phi) is 13.2. The third kappa shape index (κ3) is 12.5. The predicted octanol–water partition coefficient (Wildman–Crippen LogP) is 6.36. The summed E-state index contributed by atoms with van der Waals surface area (Å²) in [5.74, 6) is 0. The third-order valence-corrected chi connectivity index (χ3v) is 4.90. The van der Waals surface area contributed by atoms with E-state index in [0.717, 1.165) is 6.42 Å². The summed E-state index contributed by atoms with van der Waals surface area (Å²) in [6.45, 7) is 2.29. The summed E-state index contributed by atoms with van der Waals surface area (Å²) in [6.07, 6.45) is 23.4. The maximum Gasteiger partial charge on any atom is 0.181 e. The second-order valence-electron chi connectivity index (χ2n) is 7.16. The van der Waals surface area contributed by atoms with Crippen LogP contribution in [0.2, 0.25) is 0 Å². The van der Waals surface area contributed by atoms with Gasteiger partial charge in [-0.15, -0.1) is 0 Å². The van der Waals surface area contributed by atoms with Crippen molar-refractivity contribution >= 4 is 0 Å². The topological polar surface area (TPSA) is 32.8 Å². The summed E-state index contributed by atoms with van der Waals surface area (Å²) in [5, 5.41) is 9.03. The van der Waals surface area contributed by atoms with Gasteiger partial charge in [-0.25, -0.2) is 0 Å². The van der Waals surface area contributed by atoms with Crippen LogP contribution in [0.3, 0.4) is 0 Å². The van der Waals surface area contributed by atoms with Gasteiger partial charge in [-0.1, -0.05) is 110 Å². The molecule has 1 fully saturated rings. The Morgan fingerprint density at radius 2 is 0.909 bits per heavy atom. The first-order chi connectivity index (χ1) is 10.8. The molecule has 0 bridgehead atoms. The standard InChI is InChI=1S/C20H40O2/c1-2-3-4-5-6-7-8-9-10-11-12-13-14-15-16-17-18-19-20(21)22-19/h19-21H,2-18H2,1H3. The van der Waals surface area contributed by atoms with Gasteiger partial charge in [0, 0.05) is 0 Å². The normalized spacial score (nSPS) is 20.5. The lowest BCUT2D eigenvalue weighted by molar-refractivity contribution is 0.156. The fourth-order valence-corrected chi connectivity index (χ4v) is 3.24. The number of ether oxygens (including phenoxy) is 1. The fraction of sp³-hybridized carbons (Fsp3) is 1.00. The van der Waals surface area contributed by atoms with Crippen LogP contribution in [0.1, 0.15) is 116 Å². The minimum atomic E-state index is -0.434. The van der Waals surface area contributed by atoms with E-state index in [1.54, 1.807) is 0 Å². The molecule has 1 N–H and O–H groups in total. The lowest BCUT2D eigenvalue weighted by atomic mass is 10.0. The number of hydrogen-bond donors (Lipinski definition) is 1. The maximum atomic E-state index is 9.03. The lowest BCUT2D eigenvalue weighted by Gasteiger charge is -2.03. The summed E-state index contributed by atoms with van der Waals surface area (Å²) >= 11 is 0. The molecule has 2 atom stereocenters. The molecule has 0 aromatic carbocycles. The largest absolute Gasteiger partial charge is 0.366 e. The van der Waals surface area contributed by atoms with Crippen LogP contribution in [0.15, 0.2) is 0 Å². The summed E-state index contributed by atoms with van der Waals surface area (Å²) in [5.41, 5.74) is 0. The molecule has 2 nitrogen and oxygen atoms in total. The Morgan fingerprint density at radius 3 is 1.23 bits per heavy atom. The van der Waals surface area contributed by atoms with E-state index >= 15 is 0 Å². The summed E-state index contributed by atoms with van der Waals surface area (Å²) in [6, 6.07) is 0. The van der Waals surface area contributed by atoms with E-state index in [0.29, 0.717) is 0 Å². The van der Waals surface area contributed by atoms with E-state index in [-0.39, 0.29) is 6.10 Å². The Morgan fingerprint density at radius 1 is 0.591 bits per heavy atom. The van der Waals surface area contributed by atoms with Gasteiger partial charge in [-0.2, -0.15) is 0 Å². The lowest BCUT2D eigenvalue weighted by Crippen LogP contribution is -1.91. The van der Waals surface area contributed by atoms with Crippen LogP contribution in [0.5, 0.6) is 0 Å². The molecular formula is C20H40O2. The average Bonchev–Trinajstić information content (AvgIpc) is 3.22. The SMILES string of the molecule is CCCCCCCCCCCCCCCCCCC1OC1O. The molecule has 2 heteroatoms. The second kappa shape index (κ2) is 14.5. The highest BCUT2D eigenvalue weighted by Gasteiger charge is 2.35. The average molecular weight is 313 g/mol. The molecule has 1 rings (SSSR count). The van der Waals surface area contributed by atoms with Crippen LogP contribution < -0.4 is 0 Å². The number of epoxide rings is 1. The molecule has 0 aliphatic carbocycles. The zero-order valence-electron chi connectivity index (χ0n) is 15.0. The second-order valence-corrected chi connectivity index (χ2v) is 7.16. The van der Waals surface area contributed by atoms with Crippen LogP contribution in [0.25, 0.3) is 0 Å². The Bertz CT molecular complexity index is 230. The van der Waals surface area contributed by atoms with Gasteiger partial charge in [-0.05, 0) is 6.42 Å². The summed E-state index contributed by atoms with van der Waals surface area (Å²) < 4.78 is 5.00. The van der Waals surface area contributed by atoms with Crippen molar-refractivity contribution in [3.8, 4) is 0 Å². The molecule has 0 amide bonds. The molecule has 1 aliphatic rings. The number of aliphatic hydroxyl groups is 1. The first kappa shape index (κ1) is 20.0. The van der Waals surface area contributed by atoms with E-state index in [2.05, 4.69) is 6.92 Å². The fourth-order valence-electron chi connectivity index (χ4n) is 3.24. The highest BCUT2D eigenvalue weighted by atomic mass is 16.7. The Labute approximate surface area is 139 Å². The maximum absolute atomic E-state index is 9.03. The summed E-state index contributed by atoms with van der Waals surface area (Å²) in [7, 11) is 0. The molecule has 0 spiro atoms. The van der Waals surface area contributed by atoms with Crippen LogP contribution >= 0.6 is 0 Å². The van der Waals surface area contributed by atoms with Gasteiger partial charge in [0.1, 0.15) is 6.10 Å². The Hall–Kier alpha value is -0.0800. The van der Waals surface area contributed by atoms with Crippen LogP contribution in [-0.2, 0) is 4.74 Å². The third-order valence-electron chi connectivity index (χ3n) is 4.90. The van der Waals surface area contributed by atoms with Gasteiger partial charge in [0.2, 0.25) is 0 Å². The number of unbranched alkanes of at least 4 members (excludes halogenated alkanes) is 15. The van der Waals surface area contributed by atoms with Crippen LogP contribution in [0, 0.1) is 0 Å². The molecule has 0 saturated carbocycles. The van der Waals surface area contributed by atoms with Crippen LogP contribution in [0.4, 0.5) is 0 Å². The molecule has 1 aliphatic heterocycles. The number of rotatable bonds is 17. The zero-order chi connectivity index (χ0) is 15.9. The molecule has 132 valence electrons. The quantitative estimate of drug-likeness (QED) is 0.250. The van der Waals surface area contributed by atoms with Crippen molar-refractivity contribution in [1.82, 2.24) is 0 Å². The van der Waals surface area contributed by atoms with Gasteiger partial charge >= 0.3 is 0 Å². The smallest absolute Gasteiger partial charge is 0.181 e. The van der Waals surface area contributed by atoms with Crippen molar-refractivity contribution < 1.29 is 9.84 Å².